The third-order valence-electron chi connectivity index (χ3n) is 2.78. The Balaban J connectivity index is 1.92. The molecule has 7 heteroatoms. The van der Waals surface area contributed by atoms with Gasteiger partial charge in [0.1, 0.15) is 11.6 Å². The van der Waals surface area contributed by atoms with E-state index in [1.54, 1.807) is 0 Å². The molecule has 0 aliphatic heterocycles. The van der Waals surface area contributed by atoms with E-state index in [-0.39, 0.29) is 11.1 Å². The molecule has 0 bridgehead atoms. The zero-order valence-electron chi connectivity index (χ0n) is 11.6. The average Bonchev–Trinajstić information content (AvgIpc) is 2.54. The van der Waals surface area contributed by atoms with E-state index >= 15 is 0 Å². The van der Waals surface area contributed by atoms with Crippen LogP contribution < -0.4 is 10.9 Å². The molecule has 4 nitrogen and oxygen atoms in total. The zero-order chi connectivity index (χ0) is 16.8. The van der Waals surface area contributed by atoms with Gasteiger partial charge in [0.2, 0.25) is 0 Å². The minimum absolute atomic E-state index is 0.189. The molecule has 0 fully saturated rings. The molecule has 0 atom stereocenters. The first-order valence-corrected chi connectivity index (χ1v) is 7.24. The molecular formula is C16H11BrF2N2O2. The average molecular weight is 381 g/mol. The van der Waals surface area contributed by atoms with Gasteiger partial charge in [-0.25, -0.2) is 8.78 Å². The van der Waals surface area contributed by atoms with E-state index in [9.17, 15) is 18.4 Å². The molecule has 2 N–H and O–H groups in total. The van der Waals surface area contributed by atoms with Gasteiger partial charge in [0.15, 0.2) is 0 Å². The molecule has 2 amide bonds. The molecule has 0 heterocycles. The molecule has 0 radical (unpaired) electrons. The van der Waals surface area contributed by atoms with Crippen molar-refractivity contribution in [1.82, 2.24) is 10.9 Å². The lowest BCUT2D eigenvalue weighted by molar-refractivity contribution is -0.117. The molecule has 2 aromatic carbocycles. The smallest absolute Gasteiger partial charge is 0.268 e. The van der Waals surface area contributed by atoms with Crippen LogP contribution in [0.25, 0.3) is 6.08 Å². The van der Waals surface area contributed by atoms with Gasteiger partial charge in [-0.3, -0.25) is 20.4 Å². The second-order valence-electron chi connectivity index (χ2n) is 4.45. The molecule has 0 spiro atoms. The van der Waals surface area contributed by atoms with Gasteiger partial charge in [-0.15, -0.1) is 0 Å². The number of rotatable bonds is 3. The van der Waals surface area contributed by atoms with E-state index in [1.807, 2.05) is 0 Å². The maximum absolute atomic E-state index is 13.5. The number of hydrogen-bond acceptors (Lipinski definition) is 2. The van der Waals surface area contributed by atoms with Crippen molar-refractivity contribution < 1.29 is 18.4 Å². The molecule has 23 heavy (non-hydrogen) atoms. The fourth-order valence-electron chi connectivity index (χ4n) is 1.64. The number of hydrazine groups is 1. The van der Waals surface area contributed by atoms with Gasteiger partial charge in [-0.1, -0.05) is 15.9 Å². The zero-order valence-corrected chi connectivity index (χ0v) is 13.2. The number of halogens is 3. The van der Waals surface area contributed by atoms with Crippen LogP contribution in [0.3, 0.4) is 0 Å². The van der Waals surface area contributed by atoms with Crippen LogP contribution in [0.15, 0.2) is 53.0 Å². The van der Waals surface area contributed by atoms with Crippen molar-refractivity contribution >= 4 is 33.8 Å². The topological polar surface area (TPSA) is 58.2 Å². The van der Waals surface area contributed by atoms with Gasteiger partial charge in [0.05, 0.1) is 0 Å². The van der Waals surface area contributed by atoms with E-state index in [0.717, 1.165) is 18.2 Å². The molecule has 118 valence electrons. The fraction of sp³-hybridized carbons (Fsp3) is 0. The molecule has 0 saturated heterocycles. The molecule has 0 unspecified atom stereocenters. The summed E-state index contributed by atoms with van der Waals surface area (Å²) in [7, 11) is 0. The lowest BCUT2D eigenvalue weighted by Crippen LogP contribution is -2.40. The summed E-state index contributed by atoms with van der Waals surface area (Å²) in [6, 6.07) is 9.14. The molecule has 0 aromatic heterocycles. The number of nitrogens with one attached hydrogen (secondary N) is 2. The van der Waals surface area contributed by atoms with Crippen molar-refractivity contribution in [3.63, 3.8) is 0 Å². The second kappa shape index (κ2) is 7.64. The number of amides is 2. The highest BCUT2D eigenvalue weighted by atomic mass is 79.9. The first-order valence-electron chi connectivity index (χ1n) is 6.45. The Morgan fingerprint density at radius 3 is 2.39 bits per heavy atom. The minimum atomic E-state index is -0.639. The highest BCUT2D eigenvalue weighted by Crippen LogP contribution is 2.16. The third kappa shape index (κ3) is 5.00. The number of hydrogen-bond donors (Lipinski definition) is 2. The molecule has 0 aliphatic rings. The van der Waals surface area contributed by atoms with Gasteiger partial charge in [0, 0.05) is 21.7 Å². The normalized spacial score (nSPS) is 10.6. The van der Waals surface area contributed by atoms with Crippen molar-refractivity contribution in [1.29, 1.82) is 0 Å². The van der Waals surface area contributed by atoms with Gasteiger partial charge < -0.3 is 0 Å². The number of benzene rings is 2. The van der Waals surface area contributed by atoms with Crippen LogP contribution in [0.4, 0.5) is 8.78 Å². The van der Waals surface area contributed by atoms with Crippen molar-refractivity contribution in [3.8, 4) is 0 Å². The first kappa shape index (κ1) is 16.8. The quantitative estimate of drug-likeness (QED) is 0.634. The Hall–Kier alpha value is -2.54. The summed E-state index contributed by atoms with van der Waals surface area (Å²) >= 11 is 3.20. The summed E-state index contributed by atoms with van der Waals surface area (Å²) in [4.78, 5) is 23.3. The Morgan fingerprint density at radius 1 is 1.00 bits per heavy atom. The Morgan fingerprint density at radius 2 is 1.70 bits per heavy atom. The Bertz CT molecular complexity index is 761. The SMILES string of the molecule is O=C(/C=C/c1cc(Br)ccc1F)NNC(=O)c1ccc(F)cc1. The van der Waals surface area contributed by atoms with Crippen LogP contribution >= 0.6 is 15.9 Å². The van der Waals surface area contributed by atoms with Crippen LogP contribution in [0.2, 0.25) is 0 Å². The van der Waals surface area contributed by atoms with Gasteiger partial charge >= 0.3 is 0 Å². The first-order chi connectivity index (χ1) is 11.0. The van der Waals surface area contributed by atoms with Gasteiger partial charge in [0.25, 0.3) is 11.8 Å². The second-order valence-corrected chi connectivity index (χ2v) is 5.37. The molecule has 0 saturated carbocycles. The van der Waals surface area contributed by atoms with Crippen molar-refractivity contribution in [2.24, 2.45) is 0 Å². The molecule has 2 rings (SSSR count). The fourth-order valence-corrected chi connectivity index (χ4v) is 2.02. The molecule has 0 aliphatic carbocycles. The maximum atomic E-state index is 13.5. The van der Waals surface area contributed by atoms with Crippen LogP contribution in [-0.2, 0) is 4.79 Å². The number of carbonyl (C=O) groups excluding carboxylic acids is 2. The van der Waals surface area contributed by atoms with Gasteiger partial charge in [-0.2, -0.15) is 0 Å². The highest BCUT2D eigenvalue weighted by Gasteiger charge is 2.06. The maximum Gasteiger partial charge on any atom is 0.269 e. The number of carbonyl (C=O) groups is 2. The van der Waals surface area contributed by atoms with E-state index in [2.05, 4.69) is 26.8 Å². The Labute approximate surface area is 139 Å². The lowest BCUT2D eigenvalue weighted by atomic mass is 10.2. The highest BCUT2D eigenvalue weighted by molar-refractivity contribution is 9.10. The summed E-state index contributed by atoms with van der Waals surface area (Å²) in [5.41, 5.74) is 4.72. The Kier molecular flexibility index (Phi) is 5.59. The summed E-state index contributed by atoms with van der Waals surface area (Å²) in [5.74, 6) is -2.18. The predicted molar refractivity (Wildman–Crippen MR) is 85.1 cm³/mol. The van der Waals surface area contributed by atoms with Gasteiger partial charge in [-0.05, 0) is 48.5 Å². The summed E-state index contributed by atoms with van der Waals surface area (Å²) in [6.07, 6.45) is 2.36. The van der Waals surface area contributed by atoms with E-state index in [0.29, 0.717) is 4.47 Å². The molecule has 2 aromatic rings. The third-order valence-corrected chi connectivity index (χ3v) is 3.27. The van der Waals surface area contributed by atoms with Crippen molar-refractivity contribution in [3.05, 3.63) is 75.8 Å². The predicted octanol–water partition coefficient (Wildman–Crippen LogP) is 3.20. The standard InChI is InChI=1S/C16H11BrF2N2O2/c17-12-4-7-14(19)11(9-12)3-8-15(22)20-21-16(23)10-1-5-13(18)6-2-10/h1-9H,(H,20,22)(H,21,23)/b8-3+. The van der Waals surface area contributed by atoms with Crippen molar-refractivity contribution in [2.75, 3.05) is 0 Å². The van der Waals surface area contributed by atoms with Crippen LogP contribution in [-0.4, -0.2) is 11.8 Å². The van der Waals surface area contributed by atoms with E-state index < -0.39 is 23.4 Å². The summed E-state index contributed by atoms with van der Waals surface area (Å²) in [5, 5.41) is 0. The van der Waals surface area contributed by atoms with Crippen LogP contribution in [0.5, 0.6) is 0 Å². The molecular weight excluding hydrogens is 370 g/mol. The van der Waals surface area contributed by atoms with Crippen LogP contribution in [0, 0.1) is 11.6 Å². The summed E-state index contributed by atoms with van der Waals surface area (Å²) < 4.78 is 26.9. The van der Waals surface area contributed by atoms with Crippen molar-refractivity contribution in [2.45, 2.75) is 0 Å². The minimum Gasteiger partial charge on any atom is -0.268 e. The largest absolute Gasteiger partial charge is 0.269 e. The summed E-state index contributed by atoms with van der Waals surface area (Å²) in [6.45, 7) is 0. The van der Waals surface area contributed by atoms with Crippen LogP contribution in [0.1, 0.15) is 15.9 Å². The monoisotopic (exact) mass is 380 g/mol. The lowest BCUT2D eigenvalue weighted by Gasteiger charge is -2.05. The van der Waals surface area contributed by atoms with E-state index in [4.69, 9.17) is 0 Å². The van der Waals surface area contributed by atoms with E-state index in [1.165, 1.54) is 36.4 Å².